The van der Waals surface area contributed by atoms with Crippen LogP contribution in [0, 0.1) is 5.82 Å². The SMILES string of the molecule is COc1cc(C[NH2+]C[C@H]2CCCO2)cc(Cl)c1OCc1ccc(F)cc1. The van der Waals surface area contributed by atoms with E-state index in [1.807, 2.05) is 12.1 Å². The van der Waals surface area contributed by atoms with Crippen molar-refractivity contribution in [1.82, 2.24) is 0 Å². The monoisotopic (exact) mass is 380 g/mol. The van der Waals surface area contributed by atoms with E-state index in [1.54, 1.807) is 19.2 Å². The van der Waals surface area contributed by atoms with Gasteiger partial charge in [-0.3, -0.25) is 0 Å². The standard InChI is InChI=1S/C20H23ClFNO3/c1-24-19-10-15(11-23-12-17-3-2-8-25-17)9-18(21)20(19)26-13-14-4-6-16(22)7-5-14/h4-7,9-10,17,23H,2-3,8,11-13H2,1H3/p+1/t17-/m1/s1. The summed E-state index contributed by atoms with van der Waals surface area (Å²) in [6.45, 7) is 2.91. The van der Waals surface area contributed by atoms with E-state index in [2.05, 4.69) is 5.32 Å². The molecule has 0 spiro atoms. The molecular formula is C20H24ClFNO3+. The van der Waals surface area contributed by atoms with Crippen LogP contribution >= 0.6 is 11.6 Å². The summed E-state index contributed by atoms with van der Waals surface area (Å²) in [7, 11) is 1.59. The van der Waals surface area contributed by atoms with Gasteiger partial charge in [-0.25, -0.2) is 4.39 Å². The topological polar surface area (TPSA) is 44.3 Å². The van der Waals surface area contributed by atoms with Crippen LogP contribution in [0.25, 0.3) is 0 Å². The van der Waals surface area contributed by atoms with E-state index < -0.39 is 0 Å². The summed E-state index contributed by atoms with van der Waals surface area (Å²) in [5.41, 5.74) is 1.93. The second-order valence-corrected chi connectivity index (χ2v) is 6.79. The Labute approximate surface area is 158 Å². The molecule has 0 bridgehead atoms. The lowest BCUT2D eigenvalue weighted by molar-refractivity contribution is -0.676. The zero-order chi connectivity index (χ0) is 18.4. The Hall–Kier alpha value is -1.82. The Morgan fingerprint density at radius 3 is 2.73 bits per heavy atom. The van der Waals surface area contributed by atoms with E-state index in [1.165, 1.54) is 12.1 Å². The normalized spacial score (nSPS) is 16.7. The highest BCUT2D eigenvalue weighted by molar-refractivity contribution is 6.32. The molecule has 1 fully saturated rings. The van der Waals surface area contributed by atoms with Crippen molar-refractivity contribution in [3.63, 3.8) is 0 Å². The highest BCUT2D eigenvalue weighted by atomic mass is 35.5. The molecule has 140 valence electrons. The number of methoxy groups -OCH3 is 1. The lowest BCUT2D eigenvalue weighted by Crippen LogP contribution is -2.84. The Bertz CT molecular complexity index is 718. The first-order valence-corrected chi connectivity index (χ1v) is 9.20. The summed E-state index contributed by atoms with van der Waals surface area (Å²) in [6.07, 6.45) is 2.64. The van der Waals surface area contributed by atoms with Gasteiger partial charge in [0.2, 0.25) is 0 Å². The fourth-order valence-corrected chi connectivity index (χ4v) is 3.32. The molecule has 4 nitrogen and oxygen atoms in total. The van der Waals surface area contributed by atoms with Crippen molar-refractivity contribution in [2.75, 3.05) is 20.3 Å². The molecular weight excluding hydrogens is 357 g/mol. The molecule has 0 unspecified atom stereocenters. The first-order chi connectivity index (χ1) is 12.7. The fourth-order valence-electron chi connectivity index (χ4n) is 3.03. The molecule has 0 aliphatic carbocycles. The van der Waals surface area contributed by atoms with Gasteiger partial charge in [-0.15, -0.1) is 0 Å². The van der Waals surface area contributed by atoms with E-state index in [0.717, 1.165) is 43.7 Å². The van der Waals surface area contributed by atoms with E-state index in [4.69, 9.17) is 25.8 Å². The van der Waals surface area contributed by atoms with Crippen LogP contribution in [0.2, 0.25) is 5.02 Å². The average molecular weight is 381 g/mol. The number of halogens is 2. The molecule has 1 aliphatic heterocycles. The van der Waals surface area contributed by atoms with Crippen molar-refractivity contribution in [2.24, 2.45) is 0 Å². The highest BCUT2D eigenvalue weighted by Gasteiger charge is 2.18. The minimum absolute atomic E-state index is 0.270. The maximum Gasteiger partial charge on any atom is 0.180 e. The molecule has 0 saturated carbocycles. The zero-order valence-electron chi connectivity index (χ0n) is 14.8. The van der Waals surface area contributed by atoms with Crippen LogP contribution in [0.15, 0.2) is 36.4 Å². The van der Waals surface area contributed by atoms with E-state index >= 15 is 0 Å². The number of hydrogen-bond acceptors (Lipinski definition) is 3. The van der Waals surface area contributed by atoms with Crippen molar-refractivity contribution >= 4 is 11.6 Å². The van der Waals surface area contributed by atoms with Gasteiger partial charge in [0.15, 0.2) is 11.5 Å². The largest absolute Gasteiger partial charge is 0.493 e. The average Bonchev–Trinajstić information content (AvgIpc) is 3.15. The van der Waals surface area contributed by atoms with Crippen LogP contribution in [0.3, 0.4) is 0 Å². The summed E-state index contributed by atoms with van der Waals surface area (Å²) in [5.74, 6) is 0.828. The molecule has 2 aromatic rings. The minimum Gasteiger partial charge on any atom is -0.493 e. The number of rotatable bonds is 8. The van der Waals surface area contributed by atoms with Crippen molar-refractivity contribution in [2.45, 2.75) is 32.1 Å². The summed E-state index contributed by atoms with van der Waals surface area (Å²) < 4.78 is 29.9. The van der Waals surface area contributed by atoms with Crippen LogP contribution in [-0.2, 0) is 17.9 Å². The third-order valence-corrected chi connectivity index (χ3v) is 4.70. The van der Waals surface area contributed by atoms with Crippen LogP contribution < -0.4 is 14.8 Å². The second-order valence-electron chi connectivity index (χ2n) is 6.39. The lowest BCUT2D eigenvalue weighted by Gasteiger charge is -2.14. The molecule has 6 heteroatoms. The smallest absolute Gasteiger partial charge is 0.180 e. The molecule has 2 aromatic carbocycles. The lowest BCUT2D eigenvalue weighted by atomic mass is 10.2. The summed E-state index contributed by atoms with van der Waals surface area (Å²) >= 11 is 6.41. The van der Waals surface area contributed by atoms with E-state index in [9.17, 15) is 4.39 Å². The van der Waals surface area contributed by atoms with Crippen molar-refractivity contribution < 1.29 is 23.9 Å². The quantitative estimate of drug-likeness (QED) is 0.764. The Morgan fingerprint density at radius 2 is 2.04 bits per heavy atom. The van der Waals surface area contributed by atoms with Crippen molar-refractivity contribution in [1.29, 1.82) is 0 Å². The summed E-state index contributed by atoms with van der Waals surface area (Å²) in [5, 5.41) is 2.73. The molecule has 1 atom stereocenters. The van der Waals surface area contributed by atoms with Gasteiger partial charge in [-0.1, -0.05) is 23.7 Å². The number of ether oxygens (including phenoxy) is 3. The third-order valence-electron chi connectivity index (χ3n) is 4.42. The predicted octanol–water partition coefficient (Wildman–Crippen LogP) is 3.31. The van der Waals surface area contributed by atoms with Crippen molar-refractivity contribution in [3.8, 4) is 11.5 Å². The molecule has 3 rings (SSSR count). The summed E-state index contributed by atoms with van der Waals surface area (Å²) in [4.78, 5) is 0. The zero-order valence-corrected chi connectivity index (χ0v) is 15.6. The van der Waals surface area contributed by atoms with Gasteiger partial charge in [0.05, 0.1) is 12.1 Å². The van der Waals surface area contributed by atoms with E-state index in [0.29, 0.717) is 29.2 Å². The molecule has 0 radical (unpaired) electrons. The van der Waals surface area contributed by atoms with Gasteiger partial charge in [0.25, 0.3) is 0 Å². The second kappa shape index (κ2) is 9.21. The Balaban J connectivity index is 1.61. The van der Waals surface area contributed by atoms with Gasteiger partial charge in [-0.05, 0) is 42.7 Å². The maximum atomic E-state index is 13.0. The highest BCUT2D eigenvalue weighted by Crippen LogP contribution is 2.36. The fraction of sp³-hybridized carbons (Fsp3) is 0.400. The van der Waals surface area contributed by atoms with Gasteiger partial charge >= 0.3 is 0 Å². The first kappa shape index (κ1) is 19.0. The van der Waals surface area contributed by atoms with Gasteiger partial charge in [-0.2, -0.15) is 0 Å². The molecule has 2 N–H and O–H groups in total. The number of nitrogens with two attached hydrogens (primary N) is 1. The van der Waals surface area contributed by atoms with Crippen LogP contribution in [0.1, 0.15) is 24.0 Å². The first-order valence-electron chi connectivity index (χ1n) is 8.82. The molecule has 1 saturated heterocycles. The number of hydrogen-bond donors (Lipinski definition) is 1. The Morgan fingerprint density at radius 1 is 1.23 bits per heavy atom. The van der Waals surface area contributed by atoms with Crippen molar-refractivity contribution in [3.05, 3.63) is 58.4 Å². The maximum absolute atomic E-state index is 13.0. The predicted molar refractivity (Wildman–Crippen MR) is 98.2 cm³/mol. The molecule has 26 heavy (non-hydrogen) atoms. The van der Waals surface area contributed by atoms with Gasteiger partial charge in [0.1, 0.15) is 31.6 Å². The number of benzene rings is 2. The summed E-state index contributed by atoms with van der Waals surface area (Å²) in [6, 6.07) is 10.0. The molecule has 0 amide bonds. The molecule has 1 aliphatic rings. The van der Waals surface area contributed by atoms with Gasteiger partial charge in [0, 0.05) is 12.2 Å². The number of quaternary nitrogens is 1. The minimum atomic E-state index is -0.270. The molecule has 1 heterocycles. The van der Waals surface area contributed by atoms with Gasteiger partial charge < -0.3 is 19.5 Å². The van der Waals surface area contributed by atoms with Crippen LogP contribution in [0.4, 0.5) is 4.39 Å². The third kappa shape index (κ3) is 5.10. The molecule has 0 aromatic heterocycles. The Kier molecular flexibility index (Phi) is 6.72. The van der Waals surface area contributed by atoms with E-state index in [-0.39, 0.29) is 5.82 Å². The van der Waals surface area contributed by atoms with Crippen LogP contribution in [0.5, 0.6) is 11.5 Å². The van der Waals surface area contributed by atoms with Crippen LogP contribution in [-0.4, -0.2) is 26.4 Å².